The van der Waals surface area contributed by atoms with Crippen LogP contribution in [0.5, 0.6) is 0 Å². The fourth-order valence-electron chi connectivity index (χ4n) is 2.27. The second kappa shape index (κ2) is 4.75. The van der Waals surface area contributed by atoms with Gasteiger partial charge < -0.3 is 15.9 Å². The third-order valence-corrected chi connectivity index (χ3v) is 3.16. The molecular formula is C10H19NO3. The topological polar surface area (TPSA) is 83.5 Å². The van der Waals surface area contributed by atoms with Gasteiger partial charge in [0, 0.05) is 6.54 Å². The summed E-state index contributed by atoms with van der Waals surface area (Å²) < 4.78 is 0. The first-order chi connectivity index (χ1) is 6.60. The zero-order valence-electron chi connectivity index (χ0n) is 8.41. The molecule has 0 aliphatic heterocycles. The van der Waals surface area contributed by atoms with Gasteiger partial charge in [-0.3, -0.25) is 4.79 Å². The van der Waals surface area contributed by atoms with Crippen LogP contribution in [-0.4, -0.2) is 28.8 Å². The summed E-state index contributed by atoms with van der Waals surface area (Å²) in [6, 6.07) is 0. The Kier molecular flexibility index (Phi) is 3.89. The molecule has 0 bridgehead atoms. The Morgan fingerprint density at radius 2 is 1.93 bits per heavy atom. The smallest absolute Gasteiger partial charge is 0.309 e. The first-order valence-corrected chi connectivity index (χ1v) is 5.22. The molecule has 1 saturated carbocycles. The molecule has 1 aliphatic rings. The van der Waals surface area contributed by atoms with E-state index in [4.69, 9.17) is 5.73 Å². The van der Waals surface area contributed by atoms with E-state index >= 15 is 0 Å². The molecule has 0 spiro atoms. The molecule has 82 valence electrons. The maximum atomic E-state index is 11.2. The third-order valence-electron chi connectivity index (χ3n) is 3.16. The quantitative estimate of drug-likeness (QED) is 0.626. The van der Waals surface area contributed by atoms with Crippen LogP contribution in [0.1, 0.15) is 38.5 Å². The van der Waals surface area contributed by atoms with Gasteiger partial charge in [-0.15, -0.1) is 0 Å². The van der Waals surface area contributed by atoms with Gasteiger partial charge in [0.15, 0.2) is 0 Å². The van der Waals surface area contributed by atoms with Crippen molar-refractivity contribution < 1.29 is 15.0 Å². The molecule has 0 saturated heterocycles. The van der Waals surface area contributed by atoms with Crippen molar-refractivity contribution in [1.82, 2.24) is 0 Å². The zero-order valence-corrected chi connectivity index (χ0v) is 8.41. The minimum atomic E-state index is -0.773. The monoisotopic (exact) mass is 201 g/mol. The predicted octanol–water partition coefficient (Wildman–Crippen LogP) is 0.731. The molecular weight excluding hydrogens is 182 g/mol. The van der Waals surface area contributed by atoms with Crippen LogP contribution >= 0.6 is 0 Å². The molecule has 0 unspecified atom stereocenters. The van der Waals surface area contributed by atoms with Gasteiger partial charge >= 0.3 is 5.97 Å². The van der Waals surface area contributed by atoms with Crippen molar-refractivity contribution in [2.75, 3.05) is 6.54 Å². The third kappa shape index (κ3) is 2.45. The van der Waals surface area contributed by atoms with E-state index in [9.17, 15) is 15.0 Å². The minimum absolute atomic E-state index is 0.148. The van der Waals surface area contributed by atoms with Crippen molar-refractivity contribution in [2.45, 2.75) is 44.6 Å². The molecule has 0 aromatic carbocycles. The number of rotatable bonds is 4. The lowest BCUT2D eigenvalue weighted by atomic mass is 9.70. The van der Waals surface area contributed by atoms with E-state index in [0.717, 1.165) is 19.3 Å². The number of aliphatic hydroxyl groups is 1. The van der Waals surface area contributed by atoms with Gasteiger partial charge in [0.1, 0.15) is 0 Å². The summed E-state index contributed by atoms with van der Waals surface area (Å²) in [5.41, 5.74) is 4.59. The van der Waals surface area contributed by atoms with Gasteiger partial charge in [-0.2, -0.15) is 0 Å². The van der Waals surface area contributed by atoms with Crippen LogP contribution in [0.2, 0.25) is 0 Å². The molecule has 4 heteroatoms. The van der Waals surface area contributed by atoms with Crippen molar-refractivity contribution in [3.8, 4) is 0 Å². The molecule has 1 fully saturated rings. The Balaban J connectivity index is 2.65. The highest BCUT2D eigenvalue weighted by atomic mass is 16.4. The number of carboxylic acid groups (broad SMARTS) is 1. The molecule has 0 amide bonds. The highest BCUT2D eigenvalue weighted by Gasteiger charge is 2.40. The van der Waals surface area contributed by atoms with Crippen LogP contribution in [0.25, 0.3) is 0 Å². The van der Waals surface area contributed by atoms with Crippen LogP contribution < -0.4 is 5.73 Å². The lowest BCUT2D eigenvalue weighted by molar-refractivity contribution is -0.153. The first-order valence-electron chi connectivity index (χ1n) is 5.22. The maximum absolute atomic E-state index is 11.2. The Labute approximate surface area is 84.1 Å². The van der Waals surface area contributed by atoms with Crippen molar-refractivity contribution >= 4 is 5.97 Å². The van der Waals surface area contributed by atoms with Gasteiger partial charge in [0.05, 0.1) is 11.5 Å². The molecule has 0 aromatic rings. The van der Waals surface area contributed by atoms with Crippen molar-refractivity contribution in [1.29, 1.82) is 0 Å². The summed E-state index contributed by atoms with van der Waals surface area (Å²) in [7, 11) is 0. The zero-order chi connectivity index (χ0) is 10.6. The summed E-state index contributed by atoms with van der Waals surface area (Å²) in [5, 5.41) is 18.6. The number of aliphatic hydroxyl groups excluding tert-OH is 1. The van der Waals surface area contributed by atoms with E-state index in [1.54, 1.807) is 0 Å². The largest absolute Gasteiger partial charge is 0.481 e. The SMILES string of the molecule is NC[C@H](O)CC1(C(=O)O)CCCCC1. The molecule has 1 aliphatic carbocycles. The van der Waals surface area contributed by atoms with Gasteiger partial charge in [0.25, 0.3) is 0 Å². The van der Waals surface area contributed by atoms with E-state index in [-0.39, 0.29) is 6.54 Å². The van der Waals surface area contributed by atoms with Crippen LogP contribution in [-0.2, 0) is 4.79 Å². The Hall–Kier alpha value is -0.610. The fraction of sp³-hybridized carbons (Fsp3) is 0.900. The summed E-state index contributed by atoms with van der Waals surface area (Å²) in [5.74, 6) is -0.773. The first kappa shape index (κ1) is 11.5. The lowest BCUT2D eigenvalue weighted by Crippen LogP contribution is -2.38. The van der Waals surface area contributed by atoms with Crippen molar-refractivity contribution in [3.63, 3.8) is 0 Å². The van der Waals surface area contributed by atoms with Crippen LogP contribution in [0.15, 0.2) is 0 Å². The minimum Gasteiger partial charge on any atom is -0.481 e. The average Bonchev–Trinajstić information content (AvgIpc) is 2.19. The highest BCUT2D eigenvalue weighted by molar-refractivity contribution is 5.74. The second-order valence-electron chi connectivity index (χ2n) is 4.24. The fourth-order valence-corrected chi connectivity index (χ4v) is 2.27. The maximum Gasteiger partial charge on any atom is 0.309 e. The summed E-state index contributed by atoms with van der Waals surface area (Å²) in [4.78, 5) is 11.2. The van der Waals surface area contributed by atoms with E-state index in [1.807, 2.05) is 0 Å². The van der Waals surface area contributed by atoms with Crippen LogP contribution in [0.3, 0.4) is 0 Å². The number of aliphatic carboxylic acids is 1. The molecule has 0 radical (unpaired) electrons. The molecule has 0 aromatic heterocycles. The number of hydrogen-bond donors (Lipinski definition) is 3. The predicted molar refractivity (Wildman–Crippen MR) is 52.8 cm³/mol. The Bertz CT molecular complexity index is 200. The lowest BCUT2D eigenvalue weighted by Gasteiger charge is -2.34. The van der Waals surface area contributed by atoms with E-state index in [0.29, 0.717) is 19.3 Å². The summed E-state index contributed by atoms with van der Waals surface area (Å²) in [6.45, 7) is 0.148. The standard InChI is InChI=1S/C10H19NO3/c11-7-8(12)6-10(9(13)14)4-2-1-3-5-10/h8,12H,1-7,11H2,(H,13,14)/t8-/m1/s1. The van der Waals surface area contributed by atoms with E-state index in [1.165, 1.54) is 0 Å². The van der Waals surface area contributed by atoms with Gasteiger partial charge in [-0.25, -0.2) is 0 Å². The molecule has 1 atom stereocenters. The Morgan fingerprint density at radius 1 is 1.36 bits per heavy atom. The summed E-state index contributed by atoms with van der Waals surface area (Å²) in [6.07, 6.45) is 3.99. The number of carboxylic acids is 1. The number of carbonyl (C=O) groups is 1. The number of nitrogens with two attached hydrogens (primary N) is 1. The van der Waals surface area contributed by atoms with Crippen LogP contribution in [0.4, 0.5) is 0 Å². The average molecular weight is 201 g/mol. The second-order valence-corrected chi connectivity index (χ2v) is 4.24. The molecule has 0 heterocycles. The van der Waals surface area contributed by atoms with Gasteiger partial charge in [-0.1, -0.05) is 19.3 Å². The van der Waals surface area contributed by atoms with Crippen LogP contribution in [0, 0.1) is 5.41 Å². The molecule has 4 nitrogen and oxygen atoms in total. The number of hydrogen-bond acceptors (Lipinski definition) is 3. The highest BCUT2D eigenvalue weighted by Crippen LogP contribution is 2.40. The van der Waals surface area contributed by atoms with Gasteiger partial charge in [0.2, 0.25) is 0 Å². The van der Waals surface area contributed by atoms with E-state index < -0.39 is 17.5 Å². The van der Waals surface area contributed by atoms with Gasteiger partial charge in [-0.05, 0) is 19.3 Å². The van der Waals surface area contributed by atoms with Crippen molar-refractivity contribution in [3.05, 3.63) is 0 Å². The summed E-state index contributed by atoms with van der Waals surface area (Å²) >= 11 is 0. The molecule has 1 rings (SSSR count). The Morgan fingerprint density at radius 3 is 2.36 bits per heavy atom. The molecule has 14 heavy (non-hydrogen) atoms. The normalized spacial score (nSPS) is 23.0. The van der Waals surface area contributed by atoms with E-state index in [2.05, 4.69) is 0 Å². The van der Waals surface area contributed by atoms with Crippen molar-refractivity contribution in [2.24, 2.45) is 11.1 Å². The molecule has 4 N–H and O–H groups in total.